The summed E-state index contributed by atoms with van der Waals surface area (Å²) in [5, 5.41) is -0.210. The van der Waals surface area contributed by atoms with Gasteiger partial charge in [-0.05, 0) is 37.9 Å². The van der Waals surface area contributed by atoms with E-state index >= 15 is 0 Å². The lowest BCUT2D eigenvalue weighted by Crippen LogP contribution is -2.37. The summed E-state index contributed by atoms with van der Waals surface area (Å²) in [5.41, 5.74) is 0. The van der Waals surface area contributed by atoms with E-state index in [1.165, 1.54) is 16.7 Å². The molecule has 1 unspecified atom stereocenters. The van der Waals surface area contributed by atoms with Gasteiger partial charge in [0.15, 0.2) is 0 Å². The number of likely N-dealkylation sites (tertiary alicyclic amines) is 1. The molecule has 2 rings (SSSR count). The van der Waals surface area contributed by atoms with Crippen molar-refractivity contribution in [2.45, 2.75) is 37.4 Å². The predicted molar refractivity (Wildman–Crippen MR) is 70.2 cm³/mol. The van der Waals surface area contributed by atoms with Gasteiger partial charge in [0.2, 0.25) is 11.8 Å². The lowest BCUT2D eigenvalue weighted by atomic mass is 9.82. The SMILES string of the molecule is [2H]C(=O)C1CCC(CN2C(=O)CC(SC)C2=O)CC1. The molecule has 2 amide bonds. The molecule has 0 aromatic carbocycles. The maximum Gasteiger partial charge on any atom is 0.242 e. The van der Waals surface area contributed by atoms with Crippen molar-refractivity contribution in [3.8, 4) is 0 Å². The minimum atomic E-state index is -0.478. The van der Waals surface area contributed by atoms with Crippen molar-refractivity contribution in [3.05, 3.63) is 0 Å². The molecule has 0 aromatic rings. The van der Waals surface area contributed by atoms with Crippen molar-refractivity contribution >= 4 is 29.8 Å². The Hall–Kier alpha value is -0.840. The van der Waals surface area contributed by atoms with Crippen molar-refractivity contribution in [2.24, 2.45) is 11.8 Å². The van der Waals surface area contributed by atoms with E-state index in [1.54, 1.807) is 0 Å². The molecule has 1 aliphatic heterocycles. The van der Waals surface area contributed by atoms with Crippen LogP contribution in [0.3, 0.4) is 0 Å². The number of rotatable bonds is 4. The van der Waals surface area contributed by atoms with E-state index in [0.29, 0.717) is 18.9 Å². The fourth-order valence-electron chi connectivity index (χ4n) is 2.75. The molecule has 0 radical (unpaired) electrons. The van der Waals surface area contributed by atoms with Gasteiger partial charge in [0.25, 0.3) is 0 Å². The smallest absolute Gasteiger partial charge is 0.242 e. The lowest BCUT2D eigenvalue weighted by Gasteiger charge is -2.28. The van der Waals surface area contributed by atoms with Crippen LogP contribution in [0.5, 0.6) is 0 Å². The first-order chi connectivity index (χ1) is 9.02. The molecule has 1 heterocycles. The van der Waals surface area contributed by atoms with Gasteiger partial charge < -0.3 is 4.79 Å². The van der Waals surface area contributed by atoms with E-state index in [4.69, 9.17) is 1.37 Å². The van der Waals surface area contributed by atoms with Gasteiger partial charge in [-0.1, -0.05) is 0 Å². The molecule has 2 aliphatic rings. The molecule has 0 spiro atoms. The van der Waals surface area contributed by atoms with Gasteiger partial charge in [0.1, 0.15) is 7.63 Å². The quantitative estimate of drug-likeness (QED) is 0.573. The third kappa shape index (κ3) is 2.76. The molecule has 0 N–H and O–H groups in total. The average molecular weight is 270 g/mol. The number of thioether (sulfide) groups is 1. The molecule has 4 nitrogen and oxygen atoms in total. The van der Waals surface area contributed by atoms with Crippen LogP contribution in [0.4, 0.5) is 0 Å². The molecule has 100 valence electrons. The lowest BCUT2D eigenvalue weighted by molar-refractivity contribution is -0.139. The first kappa shape index (κ1) is 12.2. The number of hydrogen-bond donors (Lipinski definition) is 0. The van der Waals surface area contributed by atoms with Gasteiger partial charge in [-0.2, -0.15) is 11.8 Å². The van der Waals surface area contributed by atoms with Crippen LogP contribution < -0.4 is 0 Å². The zero-order valence-corrected chi connectivity index (χ0v) is 11.4. The highest BCUT2D eigenvalue weighted by atomic mass is 32.2. The van der Waals surface area contributed by atoms with Gasteiger partial charge in [0, 0.05) is 18.9 Å². The van der Waals surface area contributed by atoms with Gasteiger partial charge in [-0.25, -0.2) is 0 Å². The highest BCUT2D eigenvalue weighted by molar-refractivity contribution is 8.00. The number of aldehydes is 1. The van der Waals surface area contributed by atoms with Crippen LogP contribution in [-0.2, 0) is 14.4 Å². The van der Waals surface area contributed by atoms with Crippen molar-refractivity contribution in [3.63, 3.8) is 0 Å². The largest absolute Gasteiger partial charge is 0.303 e. The van der Waals surface area contributed by atoms with E-state index in [1.807, 2.05) is 6.26 Å². The van der Waals surface area contributed by atoms with Gasteiger partial charge in [-0.15, -0.1) is 0 Å². The second kappa shape index (κ2) is 5.87. The van der Waals surface area contributed by atoms with Crippen molar-refractivity contribution in [2.75, 3.05) is 12.8 Å². The maximum absolute atomic E-state index is 12.0. The fourth-order valence-corrected chi connectivity index (χ4v) is 3.39. The monoisotopic (exact) mass is 270 g/mol. The topological polar surface area (TPSA) is 54.5 Å². The highest BCUT2D eigenvalue weighted by Crippen LogP contribution is 2.30. The summed E-state index contributed by atoms with van der Waals surface area (Å²) >= 11 is 1.43. The molecule has 1 aliphatic carbocycles. The van der Waals surface area contributed by atoms with Crippen LogP contribution in [0.2, 0.25) is 0 Å². The number of hydrogen-bond acceptors (Lipinski definition) is 4. The molecule has 1 atom stereocenters. The van der Waals surface area contributed by atoms with Crippen LogP contribution in [-0.4, -0.2) is 41.0 Å². The number of carbonyl (C=O) groups excluding carboxylic acids is 3. The predicted octanol–water partition coefficient (Wildman–Crippen LogP) is 1.48. The second-order valence-corrected chi connectivity index (χ2v) is 6.15. The van der Waals surface area contributed by atoms with Crippen molar-refractivity contribution < 1.29 is 15.8 Å². The Morgan fingerprint density at radius 1 is 1.39 bits per heavy atom. The van der Waals surface area contributed by atoms with Gasteiger partial charge in [-0.3, -0.25) is 14.5 Å². The average Bonchev–Trinajstić information content (AvgIpc) is 2.67. The molecular weight excluding hydrogens is 250 g/mol. The van der Waals surface area contributed by atoms with Crippen LogP contribution in [0.25, 0.3) is 0 Å². The number of carbonyl (C=O) groups is 3. The number of amides is 2. The molecule has 1 saturated carbocycles. The Kier molecular flexibility index (Phi) is 3.98. The summed E-state index contributed by atoms with van der Waals surface area (Å²) in [6.45, 7) is 0.494. The highest BCUT2D eigenvalue weighted by Gasteiger charge is 2.39. The summed E-state index contributed by atoms with van der Waals surface area (Å²) < 4.78 is 7.12. The summed E-state index contributed by atoms with van der Waals surface area (Å²) in [4.78, 5) is 36.2. The summed E-state index contributed by atoms with van der Waals surface area (Å²) in [6, 6.07) is 0. The Morgan fingerprint density at radius 2 is 2.06 bits per heavy atom. The molecule has 18 heavy (non-hydrogen) atoms. The van der Waals surface area contributed by atoms with E-state index in [0.717, 1.165) is 25.7 Å². The first-order valence-corrected chi connectivity index (χ1v) is 7.69. The van der Waals surface area contributed by atoms with Crippen LogP contribution in [0.1, 0.15) is 33.5 Å². The normalized spacial score (nSPS) is 33.7. The summed E-state index contributed by atoms with van der Waals surface area (Å²) in [6.07, 6.45) is 4.79. The van der Waals surface area contributed by atoms with E-state index in [2.05, 4.69) is 0 Å². The fraction of sp³-hybridized carbons (Fsp3) is 0.769. The van der Waals surface area contributed by atoms with Gasteiger partial charge in [0.05, 0.1) is 5.25 Å². The zero-order valence-electron chi connectivity index (χ0n) is 11.6. The van der Waals surface area contributed by atoms with E-state index < -0.39 is 6.26 Å². The van der Waals surface area contributed by atoms with Gasteiger partial charge >= 0.3 is 0 Å². The molecular formula is C13H19NO3S. The molecule has 5 heteroatoms. The summed E-state index contributed by atoms with van der Waals surface area (Å²) in [5.74, 6) is 0.0310. The number of nitrogens with zero attached hydrogens (tertiary/aromatic N) is 1. The Labute approximate surface area is 113 Å². The Bertz CT molecular complexity index is 393. The molecule has 0 bridgehead atoms. The summed E-state index contributed by atoms with van der Waals surface area (Å²) in [7, 11) is 0. The minimum Gasteiger partial charge on any atom is -0.303 e. The minimum absolute atomic E-state index is 0.0591. The third-order valence-electron chi connectivity index (χ3n) is 3.94. The molecule has 0 aromatic heterocycles. The van der Waals surface area contributed by atoms with Crippen molar-refractivity contribution in [1.29, 1.82) is 0 Å². The standard InChI is InChI=1S/C13H19NO3S/c1-18-11-6-12(16)14(13(11)17)7-9-2-4-10(8-15)5-3-9/h8-11H,2-7H2,1H3/i8D. The van der Waals surface area contributed by atoms with Crippen LogP contribution in [0.15, 0.2) is 0 Å². The zero-order chi connectivity index (χ0) is 14.0. The second-order valence-electron chi connectivity index (χ2n) is 5.11. The molecule has 1 saturated heterocycles. The Balaban J connectivity index is 1.87. The maximum atomic E-state index is 12.0. The molecule has 2 fully saturated rings. The van der Waals surface area contributed by atoms with Crippen molar-refractivity contribution in [1.82, 2.24) is 4.90 Å². The Morgan fingerprint density at radius 3 is 2.56 bits per heavy atom. The van der Waals surface area contributed by atoms with E-state index in [-0.39, 0.29) is 23.0 Å². The van der Waals surface area contributed by atoms with Crippen LogP contribution >= 0.6 is 11.8 Å². The third-order valence-corrected chi connectivity index (χ3v) is 4.88. The van der Waals surface area contributed by atoms with E-state index in [9.17, 15) is 14.4 Å². The number of imide groups is 1. The first-order valence-electron chi connectivity index (χ1n) is 6.90. The van der Waals surface area contributed by atoms with Crippen LogP contribution in [0, 0.1) is 11.8 Å².